The Bertz CT molecular complexity index is 1020. The van der Waals surface area contributed by atoms with E-state index in [0.29, 0.717) is 23.4 Å². The molecule has 0 aliphatic carbocycles. The van der Waals surface area contributed by atoms with E-state index in [0.717, 1.165) is 29.5 Å². The number of amides is 2. The summed E-state index contributed by atoms with van der Waals surface area (Å²) in [5.74, 6) is -1.44. The molecule has 0 saturated heterocycles. The number of halogens is 3. The smallest absolute Gasteiger partial charge is 0.416 e. The number of esters is 1. The monoisotopic (exact) mass is 456 g/mol. The van der Waals surface area contributed by atoms with Crippen LogP contribution < -0.4 is 5.32 Å². The van der Waals surface area contributed by atoms with Gasteiger partial charge in [0, 0.05) is 17.0 Å². The molecule has 31 heavy (non-hydrogen) atoms. The standard InChI is InChI=1S/C20H19F3N2O5S/c1-3-30-18(27)15-13-7-8-25(19(28)29-2)10-14(13)31-17(15)24-16(26)11-5-4-6-12(9-11)20(21,22)23/h4-6,9H,3,7-8,10H2,1-2H3,(H,24,26). The molecule has 0 radical (unpaired) electrons. The Morgan fingerprint density at radius 1 is 1.26 bits per heavy atom. The fourth-order valence-corrected chi connectivity index (χ4v) is 4.45. The van der Waals surface area contributed by atoms with Gasteiger partial charge in [-0.2, -0.15) is 13.2 Å². The Kier molecular flexibility index (Phi) is 6.54. The highest BCUT2D eigenvalue weighted by molar-refractivity contribution is 7.17. The highest BCUT2D eigenvalue weighted by Crippen LogP contribution is 2.38. The lowest BCUT2D eigenvalue weighted by molar-refractivity contribution is -0.137. The number of alkyl halides is 3. The Morgan fingerprint density at radius 2 is 2.00 bits per heavy atom. The van der Waals surface area contributed by atoms with Crippen LogP contribution in [-0.4, -0.2) is 43.1 Å². The van der Waals surface area contributed by atoms with Crippen molar-refractivity contribution in [1.29, 1.82) is 0 Å². The summed E-state index contributed by atoms with van der Waals surface area (Å²) in [6, 6.07) is 4.00. The second-order valence-corrected chi connectivity index (χ2v) is 7.71. The number of nitrogens with zero attached hydrogens (tertiary/aromatic N) is 1. The number of hydrogen-bond acceptors (Lipinski definition) is 6. The molecule has 1 aliphatic rings. The molecule has 3 rings (SSSR count). The molecule has 0 unspecified atom stereocenters. The zero-order valence-electron chi connectivity index (χ0n) is 16.7. The summed E-state index contributed by atoms with van der Waals surface area (Å²) < 4.78 is 48.7. The van der Waals surface area contributed by atoms with Crippen LogP contribution in [0.3, 0.4) is 0 Å². The summed E-state index contributed by atoms with van der Waals surface area (Å²) in [6.07, 6.45) is -4.77. The number of methoxy groups -OCH3 is 1. The molecular formula is C20H19F3N2O5S. The largest absolute Gasteiger partial charge is 0.462 e. The lowest BCUT2D eigenvalue weighted by Gasteiger charge is -2.25. The minimum absolute atomic E-state index is 0.110. The second-order valence-electron chi connectivity index (χ2n) is 6.60. The van der Waals surface area contributed by atoms with E-state index in [1.165, 1.54) is 18.1 Å². The van der Waals surface area contributed by atoms with Gasteiger partial charge in [0.1, 0.15) is 5.00 Å². The summed E-state index contributed by atoms with van der Waals surface area (Å²) >= 11 is 1.08. The van der Waals surface area contributed by atoms with Crippen LogP contribution in [0, 0.1) is 0 Å². The molecule has 1 N–H and O–H groups in total. The van der Waals surface area contributed by atoms with Gasteiger partial charge in [-0.3, -0.25) is 4.79 Å². The Hall–Kier alpha value is -3.08. The third kappa shape index (κ3) is 4.82. The van der Waals surface area contributed by atoms with Crippen molar-refractivity contribution in [2.45, 2.75) is 26.1 Å². The quantitative estimate of drug-likeness (QED) is 0.693. The molecule has 0 atom stereocenters. The van der Waals surface area contributed by atoms with E-state index in [-0.39, 0.29) is 29.3 Å². The first kappa shape index (κ1) is 22.6. The molecule has 11 heteroatoms. The Morgan fingerprint density at radius 3 is 2.65 bits per heavy atom. The second kappa shape index (κ2) is 8.96. The number of nitrogens with one attached hydrogen (secondary N) is 1. The average Bonchev–Trinajstić information content (AvgIpc) is 3.09. The maximum Gasteiger partial charge on any atom is 0.416 e. The maximum atomic E-state index is 13.0. The highest BCUT2D eigenvalue weighted by Gasteiger charge is 2.33. The van der Waals surface area contributed by atoms with Crippen molar-refractivity contribution in [2.75, 3.05) is 25.6 Å². The van der Waals surface area contributed by atoms with Crippen LogP contribution in [0.1, 0.15) is 43.6 Å². The predicted octanol–water partition coefficient (Wildman–Crippen LogP) is 4.32. The topological polar surface area (TPSA) is 84.9 Å². The first-order valence-electron chi connectivity index (χ1n) is 9.28. The molecule has 0 fully saturated rings. The normalized spacial score (nSPS) is 13.4. The molecule has 7 nitrogen and oxygen atoms in total. The van der Waals surface area contributed by atoms with Crippen LogP contribution >= 0.6 is 11.3 Å². The maximum absolute atomic E-state index is 13.0. The summed E-state index contributed by atoms with van der Waals surface area (Å²) in [5.41, 5.74) is -0.355. The van der Waals surface area contributed by atoms with Crippen LogP contribution in [0.15, 0.2) is 24.3 Å². The highest BCUT2D eigenvalue weighted by atomic mass is 32.1. The van der Waals surface area contributed by atoms with E-state index in [2.05, 4.69) is 5.32 Å². The van der Waals surface area contributed by atoms with Crippen LogP contribution in [0.5, 0.6) is 0 Å². The number of carbonyl (C=O) groups excluding carboxylic acids is 3. The summed E-state index contributed by atoms with van der Waals surface area (Å²) in [7, 11) is 1.26. The molecule has 1 aromatic heterocycles. The van der Waals surface area contributed by atoms with Crippen molar-refractivity contribution in [1.82, 2.24) is 4.90 Å². The summed E-state index contributed by atoms with van der Waals surface area (Å²) in [5, 5.41) is 2.70. The predicted molar refractivity (Wildman–Crippen MR) is 106 cm³/mol. The fourth-order valence-electron chi connectivity index (χ4n) is 3.21. The van der Waals surface area contributed by atoms with E-state index in [1.807, 2.05) is 0 Å². The molecule has 0 saturated carbocycles. The number of rotatable bonds is 4. The zero-order valence-corrected chi connectivity index (χ0v) is 17.5. The van der Waals surface area contributed by atoms with Gasteiger partial charge in [-0.05, 0) is 37.1 Å². The molecule has 1 aliphatic heterocycles. The van der Waals surface area contributed by atoms with Gasteiger partial charge in [-0.15, -0.1) is 11.3 Å². The van der Waals surface area contributed by atoms with Crippen LogP contribution in [0.25, 0.3) is 0 Å². The van der Waals surface area contributed by atoms with Crippen molar-refractivity contribution in [2.24, 2.45) is 0 Å². The SMILES string of the molecule is CCOC(=O)c1c(NC(=O)c2cccc(C(F)(F)F)c2)sc2c1CCN(C(=O)OC)C2. The van der Waals surface area contributed by atoms with Gasteiger partial charge in [0.15, 0.2) is 0 Å². The number of hydrogen-bond donors (Lipinski definition) is 1. The van der Waals surface area contributed by atoms with Crippen LogP contribution in [-0.2, 0) is 28.6 Å². The molecule has 2 aromatic rings. The van der Waals surface area contributed by atoms with Gasteiger partial charge in [-0.1, -0.05) is 6.07 Å². The van der Waals surface area contributed by atoms with Crippen molar-refractivity contribution in [3.05, 3.63) is 51.4 Å². The first-order valence-corrected chi connectivity index (χ1v) is 10.1. The van der Waals surface area contributed by atoms with Crippen molar-refractivity contribution < 1.29 is 37.0 Å². The van der Waals surface area contributed by atoms with Gasteiger partial charge in [-0.25, -0.2) is 9.59 Å². The zero-order chi connectivity index (χ0) is 22.8. The molecule has 2 heterocycles. The molecule has 166 valence electrons. The van der Waals surface area contributed by atoms with Crippen LogP contribution in [0.2, 0.25) is 0 Å². The van der Waals surface area contributed by atoms with Gasteiger partial charge in [0.25, 0.3) is 5.91 Å². The summed E-state index contributed by atoms with van der Waals surface area (Å²) in [4.78, 5) is 39.2. The van der Waals surface area contributed by atoms with Gasteiger partial charge in [0.2, 0.25) is 0 Å². The Balaban J connectivity index is 1.94. The average molecular weight is 456 g/mol. The van der Waals surface area contributed by atoms with Gasteiger partial charge < -0.3 is 19.7 Å². The van der Waals surface area contributed by atoms with Crippen LogP contribution in [0.4, 0.5) is 23.0 Å². The van der Waals surface area contributed by atoms with Crippen molar-refractivity contribution in [3.8, 4) is 0 Å². The van der Waals surface area contributed by atoms with E-state index < -0.39 is 29.7 Å². The minimum Gasteiger partial charge on any atom is -0.462 e. The molecule has 0 bridgehead atoms. The lowest BCUT2D eigenvalue weighted by atomic mass is 10.0. The number of benzene rings is 1. The number of thiophene rings is 1. The number of carbonyl (C=O) groups is 3. The number of anilines is 1. The fraction of sp³-hybridized carbons (Fsp3) is 0.350. The molecular weight excluding hydrogens is 437 g/mol. The van der Waals surface area contributed by atoms with E-state index in [1.54, 1.807) is 6.92 Å². The number of fused-ring (bicyclic) bond motifs is 1. The minimum atomic E-state index is -4.59. The molecule has 1 aromatic carbocycles. The van der Waals surface area contributed by atoms with Crippen molar-refractivity contribution in [3.63, 3.8) is 0 Å². The third-order valence-electron chi connectivity index (χ3n) is 4.65. The van der Waals surface area contributed by atoms with E-state index >= 15 is 0 Å². The third-order valence-corrected chi connectivity index (χ3v) is 5.78. The van der Waals surface area contributed by atoms with Gasteiger partial charge >= 0.3 is 18.2 Å². The Labute approximate surface area is 179 Å². The first-order chi connectivity index (χ1) is 14.7. The summed E-state index contributed by atoms with van der Waals surface area (Å²) in [6.45, 7) is 2.23. The van der Waals surface area contributed by atoms with Gasteiger partial charge in [0.05, 0.1) is 31.4 Å². The number of ether oxygens (including phenoxy) is 2. The molecule has 2 amide bonds. The lowest BCUT2D eigenvalue weighted by Crippen LogP contribution is -2.35. The van der Waals surface area contributed by atoms with Crippen molar-refractivity contribution >= 4 is 34.3 Å². The van der Waals surface area contributed by atoms with E-state index in [4.69, 9.17) is 9.47 Å². The van der Waals surface area contributed by atoms with E-state index in [9.17, 15) is 27.6 Å². The molecule has 0 spiro atoms.